The number of carboxylic acid groups (broad SMARTS) is 1. The number of carbonyl (C=O) groups excluding carboxylic acids is 1. The molecule has 0 bridgehead atoms. The van der Waals surface area contributed by atoms with Gasteiger partial charge in [0.1, 0.15) is 0 Å². The van der Waals surface area contributed by atoms with Gasteiger partial charge in [-0.2, -0.15) is 0 Å². The van der Waals surface area contributed by atoms with Crippen LogP contribution in [-0.2, 0) is 9.59 Å². The van der Waals surface area contributed by atoms with E-state index >= 15 is 0 Å². The maximum absolute atomic E-state index is 11.4. The second kappa shape index (κ2) is 3.59. The Labute approximate surface area is 82.7 Å². The van der Waals surface area contributed by atoms with E-state index in [1.807, 2.05) is 0 Å². The van der Waals surface area contributed by atoms with Crippen molar-refractivity contribution in [3.8, 4) is 0 Å². The summed E-state index contributed by atoms with van der Waals surface area (Å²) in [5.74, 6) is -1.11. The van der Waals surface area contributed by atoms with E-state index in [2.05, 4.69) is 5.32 Å². The highest BCUT2D eigenvalue weighted by Crippen LogP contribution is 2.38. The highest BCUT2D eigenvalue weighted by atomic mass is 16.4. The van der Waals surface area contributed by atoms with Crippen molar-refractivity contribution in [3.63, 3.8) is 0 Å². The molecule has 1 unspecified atom stereocenters. The smallest absolute Gasteiger partial charge is 0.307 e. The number of rotatable bonds is 5. The summed E-state index contributed by atoms with van der Waals surface area (Å²) in [5.41, 5.74) is 0. The molecule has 0 radical (unpaired) electrons. The first-order valence-electron chi connectivity index (χ1n) is 5.19. The van der Waals surface area contributed by atoms with Crippen LogP contribution in [0.2, 0.25) is 0 Å². The molecule has 2 fully saturated rings. The highest BCUT2D eigenvalue weighted by molar-refractivity contribution is 5.83. The molecule has 2 aliphatic rings. The van der Waals surface area contributed by atoms with Crippen LogP contribution in [0.1, 0.15) is 32.1 Å². The Bertz CT molecular complexity index is 256. The molecule has 0 aliphatic heterocycles. The van der Waals surface area contributed by atoms with Crippen molar-refractivity contribution in [1.29, 1.82) is 0 Å². The summed E-state index contributed by atoms with van der Waals surface area (Å²) in [6.45, 7) is 0. The molecular weight excluding hydrogens is 182 g/mol. The van der Waals surface area contributed by atoms with Crippen molar-refractivity contribution < 1.29 is 14.7 Å². The lowest BCUT2D eigenvalue weighted by Gasteiger charge is -2.10. The van der Waals surface area contributed by atoms with Gasteiger partial charge in [-0.1, -0.05) is 0 Å². The molecule has 2 rings (SSSR count). The largest absolute Gasteiger partial charge is 0.481 e. The fourth-order valence-corrected chi connectivity index (χ4v) is 1.67. The van der Waals surface area contributed by atoms with Gasteiger partial charge in [-0.3, -0.25) is 9.59 Å². The third kappa shape index (κ3) is 2.47. The maximum atomic E-state index is 11.4. The molecule has 0 aromatic rings. The molecule has 0 aromatic carbocycles. The zero-order chi connectivity index (χ0) is 10.1. The number of carboxylic acids is 1. The summed E-state index contributed by atoms with van der Waals surface area (Å²) in [6.07, 6.45) is 4.19. The summed E-state index contributed by atoms with van der Waals surface area (Å²) >= 11 is 0. The third-order valence-corrected chi connectivity index (χ3v) is 2.86. The van der Waals surface area contributed by atoms with Gasteiger partial charge in [0, 0.05) is 12.5 Å². The maximum Gasteiger partial charge on any atom is 0.307 e. The Kier molecular flexibility index (Phi) is 2.44. The number of hydrogen-bond acceptors (Lipinski definition) is 2. The molecule has 0 saturated heterocycles. The van der Waals surface area contributed by atoms with Crippen molar-refractivity contribution in [3.05, 3.63) is 0 Å². The van der Waals surface area contributed by atoms with Crippen LogP contribution in [0, 0.1) is 11.8 Å². The number of amides is 1. The van der Waals surface area contributed by atoms with E-state index in [-0.39, 0.29) is 18.2 Å². The third-order valence-electron chi connectivity index (χ3n) is 2.86. The first-order chi connectivity index (χ1) is 6.66. The van der Waals surface area contributed by atoms with Crippen LogP contribution >= 0.6 is 0 Å². The molecule has 0 spiro atoms. The predicted octanol–water partition coefficient (Wildman–Crippen LogP) is 0.766. The normalized spacial score (nSPS) is 22.9. The fraction of sp³-hybridized carbons (Fsp3) is 0.800. The van der Waals surface area contributed by atoms with E-state index in [1.165, 1.54) is 0 Å². The Balaban J connectivity index is 1.79. The molecule has 4 heteroatoms. The first kappa shape index (κ1) is 9.49. The molecule has 2 aliphatic carbocycles. The monoisotopic (exact) mass is 197 g/mol. The zero-order valence-electron chi connectivity index (χ0n) is 8.03. The van der Waals surface area contributed by atoms with Crippen molar-refractivity contribution in [2.75, 3.05) is 0 Å². The van der Waals surface area contributed by atoms with Gasteiger partial charge in [0.15, 0.2) is 0 Å². The molecule has 2 saturated carbocycles. The summed E-state index contributed by atoms with van der Waals surface area (Å²) < 4.78 is 0. The average molecular weight is 197 g/mol. The average Bonchev–Trinajstić information content (AvgIpc) is 2.93. The number of hydrogen-bond donors (Lipinski definition) is 2. The minimum atomic E-state index is -0.821. The van der Waals surface area contributed by atoms with Crippen LogP contribution in [-0.4, -0.2) is 23.0 Å². The Hall–Kier alpha value is -1.06. The van der Waals surface area contributed by atoms with Gasteiger partial charge in [-0.15, -0.1) is 0 Å². The van der Waals surface area contributed by atoms with Gasteiger partial charge >= 0.3 is 5.97 Å². The Morgan fingerprint density at radius 1 is 1.29 bits per heavy atom. The van der Waals surface area contributed by atoms with E-state index in [0.29, 0.717) is 6.04 Å². The lowest BCUT2D eigenvalue weighted by molar-refractivity contribution is -0.144. The standard InChI is InChI=1S/C10H15NO3/c12-9(11-7-3-4-7)5-8(10(13)14)6-1-2-6/h6-8H,1-5H2,(H,11,12)(H,13,14). The van der Waals surface area contributed by atoms with E-state index in [9.17, 15) is 9.59 Å². The predicted molar refractivity (Wildman–Crippen MR) is 49.6 cm³/mol. The van der Waals surface area contributed by atoms with Gasteiger partial charge in [0.2, 0.25) is 5.91 Å². The topological polar surface area (TPSA) is 66.4 Å². The summed E-state index contributed by atoms with van der Waals surface area (Å²) in [6, 6.07) is 0.330. The molecule has 14 heavy (non-hydrogen) atoms. The Morgan fingerprint density at radius 3 is 2.36 bits per heavy atom. The second-order valence-electron chi connectivity index (χ2n) is 4.33. The molecule has 1 amide bonds. The van der Waals surface area contributed by atoms with Crippen LogP contribution in [0.15, 0.2) is 0 Å². The minimum absolute atomic E-state index is 0.0909. The number of carbonyl (C=O) groups is 2. The quantitative estimate of drug-likeness (QED) is 0.684. The molecule has 0 heterocycles. The van der Waals surface area contributed by atoms with Crippen LogP contribution in [0.5, 0.6) is 0 Å². The summed E-state index contributed by atoms with van der Waals surface area (Å²) in [7, 11) is 0. The van der Waals surface area contributed by atoms with Crippen LogP contribution in [0.3, 0.4) is 0 Å². The highest BCUT2D eigenvalue weighted by Gasteiger charge is 2.38. The molecule has 0 aromatic heterocycles. The molecule has 4 nitrogen and oxygen atoms in total. The van der Waals surface area contributed by atoms with Gasteiger partial charge < -0.3 is 10.4 Å². The SMILES string of the molecule is O=C(CC(C(=O)O)C1CC1)NC1CC1. The molecule has 2 N–H and O–H groups in total. The van der Waals surface area contributed by atoms with E-state index in [0.717, 1.165) is 25.7 Å². The Morgan fingerprint density at radius 2 is 1.93 bits per heavy atom. The second-order valence-corrected chi connectivity index (χ2v) is 4.33. The number of aliphatic carboxylic acids is 1. The van der Waals surface area contributed by atoms with Gasteiger partial charge in [-0.05, 0) is 31.6 Å². The van der Waals surface area contributed by atoms with E-state index in [1.54, 1.807) is 0 Å². The van der Waals surface area contributed by atoms with E-state index in [4.69, 9.17) is 5.11 Å². The van der Waals surface area contributed by atoms with Gasteiger partial charge in [0.05, 0.1) is 5.92 Å². The first-order valence-corrected chi connectivity index (χ1v) is 5.19. The molecule has 78 valence electrons. The van der Waals surface area contributed by atoms with Gasteiger partial charge in [-0.25, -0.2) is 0 Å². The van der Waals surface area contributed by atoms with Crippen molar-refractivity contribution >= 4 is 11.9 Å². The van der Waals surface area contributed by atoms with Crippen LogP contribution in [0.25, 0.3) is 0 Å². The minimum Gasteiger partial charge on any atom is -0.481 e. The summed E-state index contributed by atoms with van der Waals surface area (Å²) in [5, 5.41) is 11.7. The lowest BCUT2D eigenvalue weighted by Crippen LogP contribution is -2.30. The van der Waals surface area contributed by atoms with Gasteiger partial charge in [0.25, 0.3) is 0 Å². The van der Waals surface area contributed by atoms with Crippen LogP contribution < -0.4 is 5.32 Å². The van der Waals surface area contributed by atoms with Crippen molar-refractivity contribution in [2.24, 2.45) is 11.8 Å². The lowest BCUT2D eigenvalue weighted by atomic mass is 10.00. The molecular formula is C10H15NO3. The number of nitrogens with one attached hydrogen (secondary N) is 1. The van der Waals surface area contributed by atoms with Crippen LogP contribution in [0.4, 0.5) is 0 Å². The summed E-state index contributed by atoms with van der Waals surface area (Å²) in [4.78, 5) is 22.2. The molecule has 1 atom stereocenters. The van der Waals surface area contributed by atoms with Crippen molar-refractivity contribution in [2.45, 2.75) is 38.1 Å². The zero-order valence-corrected chi connectivity index (χ0v) is 8.03. The fourth-order valence-electron chi connectivity index (χ4n) is 1.67. The van der Waals surface area contributed by atoms with E-state index < -0.39 is 11.9 Å². The van der Waals surface area contributed by atoms with Crippen molar-refractivity contribution in [1.82, 2.24) is 5.32 Å².